The lowest BCUT2D eigenvalue weighted by Gasteiger charge is -2.64. The van der Waals surface area contributed by atoms with Crippen molar-refractivity contribution in [3.05, 3.63) is 23.8 Å². The van der Waals surface area contributed by atoms with Crippen LogP contribution in [0.4, 0.5) is 0 Å². The molecule has 4 atom stereocenters. The van der Waals surface area contributed by atoms with E-state index in [0.717, 1.165) is 6.42 Å². The average molecular weight is 330 g/mol. The van der Waals surface area contributed by atoms with E-state index in [4.69, 9.17) is 14.0 Å². The first-order valence-electron chi connectivity index (χ1n) is 8.52. The van der Waals surface area contributed by atoms with Crippen LogP contribution in [-0.2, 0) is 9.31 Å². The molecular weight excluding hydrogens is 307 g/mol. The first-order chi connectivity index (χ1) is 11.3. The monoisotopic (exact) mass is 330 g/mol. The molecule has 5 rings (SSSR count). The van der Waals surface area contributed by atoms with Crippen LogP contribution in [0.1, 0.15) is 44.0 Å². The molecule has 0 unspecified atom stereocenters. The van der Waals surface area contributed by atoms with Gasteiger partial charge in [-0.15, -0.1) is 0 Å². The minimum Gasteiger partial charge on any atom is -0.496 e. The maximum absolute atomic E-state index is 11.4. The van der Waals surface area contributed by atoms with E-state index in [-0.39, 0.29) is 22.7 Å². The van der Waals surface area contributed by atoms with E-state index in [2.05, 4.69) is 20.8 Å². The van der Waals surface area contributed by atoms with E-state index < -0.39 is 13.1 Å². The summed E-state index contributed by atoms with van der Waals surface area (Å²) in [5, 5.41) is 9.38. The van der Waals surface area contributed by atoms with Crippen molar-refractivity contribution in [2.75, 3.05) is 7.11 Å². The van der Waals surface area contributed by atoms with Gasteiger partial charge in [-0.3, -0.25) is 0 Å². The van der Waals surface area contributed by atoms with Crippen LogP contribution in [0.5, 0.6) is 5.75 Å². The Morgan fingerprint density at radius 2 is 2.08 bits per heavy atom. The lowest BCUT2D eigenvalue weighted by atomic mass is 9.43. The van der Waals surface area contributed by atoms with Crippen molar-refractivity contribution in [2.45, 2.75) is 45.3 Å². The molecule has 1 N–H and O–H groups in total. The molecule has 3 aliphatic carbocycles. The zero-order chi connectivity index (χ0) is 17.3. The van der Waals surface area contributed by atoms with E-state index in [1.807, 2.05) is 6.07 Å². The Labute approximate surface area is 142 Å². The molecule has 1 saturated heterocycles. The van der Waals surface area contributed by atoms with Gasteiger partial charge in [0.2, 0.25) is 0 Å². The number of ether oxygens (including phenoxy) is 1. The number of para-hydroxylation sites is 1. The van der Waals surface area contributed by atoms with Crippen LogP contribution < -0.4 is 10.2 Å². The topological polar surface area (TPSA) is 65.0 Å². The lowest BCUT2D eigenvalue weighted by Crippen LogP contribution is -2.65. The number of benzene rings is 1. The maximum Gasteiger partial charge on any atom is 0.498 e. The predicted molar refractivity (Wildman–Crippen MR) is 89.7 cm³/mol. The second-order valence-corrected chi connectivity index (χ2v) is 8.03. The number of methoxy groups -OCH3 is 1. The molecule has 5 nitrogen and oxygen atoms in total. The van der Waals surface area contributed by atoms with Crippen LogP contribution in [0.25, 0.3) is 0 Å². The smallest absolute Gasteiger partial charge is 0.496 e. The Bertz CT molecular complexity index is 703. The third kappa shape index (κ3) is 1.93. The van der Waals surface area contributed by atoms with Crippen molar-refractivity contribution in [3.8, 4) is 5.75 Å². The SMILES string of the molecule is COc1c(B2O[C@@H]3C[C@@H]4C[C@@H](C4(C)C)[C@]3(C)O2)cccc1C(=O)O. The van der Waals surface area contributed by atoms with Gasteiger partial charge in [0.25, 0.3) is 0 Å². The molecule has 1 aromatic carbocycles. The summed E-state index contributed by atoms with van der Waals surface area (Å²) in [5.41, 5.74) is 0.735. The summed E-state index contributed by atoms with van der Waals surface area (Å²) in [7, 11) is 0.902. The average Bonchev–Trinajstić information content (AvgIpc) is 2.90. The van der Waals surface area contributed by atoms with Gasteiger partial charge in [-0.25, -0.2) is 4.79 Å². The molecule has 2 bridgehead atoms. The number of hydrogen-bond acceptors (Lipinski definition) is 4. The molecule has 128 valence electrons. The fourth-order valence-corrected chi connectivity index (χ4v) is 5.14. The van der Waals surface area contributed by atoms with Crippen molar-refractivity contribution in [3.63, 3.8) is 0 Å². The number of carboxylic acids is 1. The van der Waals surface area contributed by atoms with Gasteiger partial charge in [0.05, 0.1) is 18.8 Å². The van der Waals surface area contributed by atoms with Crippen LogP contribution in [0.15, 0.2) is 18.2 Å². The van der Waals surface area contributed by atoms with E-state index >= 15 is 0 Å². The summed E-state index contributed by atoms with van der Waals surface area (Å²) in [6.07, 6.45) is 2.23. The minimum absolute atomic E-state index is 0.0532. The van der Waals surface area contributed by atoms with E-state index in [1.165, 1.54) is 19.6 Å². The lowest BCUT2D eigenvalue weighted by molar-refractivity contribution is -0.199. The quantitative estimate of drug-likeness (QED) is 0.862. The number of aromatic carboxylic acids is 1. The fraction of sp³-hybridized carbons (Fsp3) is 0.611. The molecule has 0 spiro atoms. The number of carbonyl (C=O) groups is 1. The summed E-state index contributed by atoms with van der Waals surface area (Å²) >= 11 is 0. The van der Waals surface area contributed by atoms with Crippen LogP contribution in [-0.4, -0.2) is 37.0 Å². The molecule has 1 aromatic rings. The molecule has 1 heterocycles. The van der Waals surface area contributed by atoms with E-state index in [0.29, 0.717) is 23.0 Å². The number of carboxylic acid groups (broad SMARTS) is 1. The third-order valence-corrected chi connectivity index (χ3v) is 6.68. The summed E-state index contributed by atoms with van der Waals surface area (Å²) < 4.78 is 18.0. The van der Waals surface area contributed by atoms with Crippen molar-refractivity contribution in [2.24, 2.45) is 17.3 Å². The highest BCUT2D eigenvalue weighted by atomic mass is 16.7. The molecule has 24 heavy (non-hydrogen) atoms. The molecule has 4 fully saturated rings. The molecule has 0 aromatic heterocycles. The Balaban J connectivity index is 1.69. The van der Waals surface area contributed by atoms with Crippen molar-refractivity contribution in [1.82, 2.24) is 0 Å². The van der Waals surface area contributed by atoms with Gasteiger partial charge in [-0.2, -0.15) is 0 Å². The highest BCUT2D eigenvalue weighted by Gasteiger charge is 2.68. The molecule has 0 radical (unpaired) electrons. The second-order valence-electron chi connectivity index (χ2n) is 8.03. The molecule has 0 amide bonds. The first kappa shape index (κ1) is 16.0. The van der Waals surface area contributed by atoms with Gasteiger partial charge in [-0.1, -0.05) is 26.0 Å². The second kappa shape index (κ2) is 4.99. The van der Waals surface area contributed by atoms with Crippen molar-refractivity contribution >= 4 is 18.6 Å². The molecule has 6 heteroatoms. The van der Waals surface area contributed by atoms with Gasteiger partial charge in [-0.05, 0) is 43.1 Å². The van der Waals surface area contributed by atoms with E-state index in [1.54, 1.807) is 6.07 Å². The Kier molecular flexibility index (Phi) is 3.32. The Morgan fingerprint density at radius 3 is 2.71 bits per heavy atom. The molecule has 1 aliphatic heterocycles. The van der Waals surface area contributed by atoms with Crippen molar-refractivity contribution < 1.29 is 23.9 Å². The Morgan fingerprint density at radius 1 is 1.33 bits per heavy atom. The van der Waals surface area contributed by atoms with Crippen molar-refractivity contribution in [1.29, 1.82) is 0 Å². The van der Waals surface area contributed by atoms with E-state index in [9.17, 15) is 9.90 Å². The fourth-order valence-electron chi connectivity index (χ4n) is 5.14. The normalized spacial score (nSPS) is 36.0. The number of rotatable bonds is 3. The van der Waals surface area contributed by atoms with Gasteiger partial charge in [0.15, 0.2) is 0 Å². The maximum atomic E-state index is 11.4. The van der Waals surface area contributed by atoms with Crippen LogP contribution in [0, 0.1) is 17.3 Å². The van der Waals surface area contributed by atoms with Crippen LogP contribution in [0.2, 0.25) is 0 Å². The van der Waals surface area contributed by atoms with Crippen LogP contribution in [0.3, 0.4) is 0 Å². The van der Waals surface area contributed by atoms with Gasteiger partial charge in [0, 0.05) is 5.46 Å². The molecule has 3 saturated carbocycles. The zero-order valence-electron chi connectivity index (χ0n) is 14.5. The summed E-state index contributed by atoms with van der Waals surface area (Å²) in [6, 6.07) is 5.07. The largest absolute Gasteiger partial charge is 0.498 e. The number of hydrogen-bond donors (Lipinski definition) is 1. The standard InChI is InChI=1S/C18H23BO5/c1-17(2)10-8-13(17)18(3)14(9-10)23-19(24-18)12-7-5-6-11(16(20)21)15(12)22-4/h5-7,10,13-14H,8-9H2,1-4H3,(H,20,21)/t10-,13-,14+,18-/m0/s1. The third-order valence-electron chi connectivity index (χ3n) is 6.68. The minimum atomic E-state index is -1.02. The van der Waals surface area contributed by atoms with Gasteiger partial charge >= 0.3 is 13.1 Å². The summed E-state index contributed by atoms with van der Waals surface area (Å²) in [5.74, 6) is 0.449. The molecule has 4 aliphatic rings. The highest BCUT2D eigenvalue weighted by Crippen LogP contribution is 2.65. The van der Waals surface area contributed by atoms with Gasteiger partial charge < -0.3 is 19.2 Å². The Hall–Kier alpha value is -1.53. The summed E-state index contributed by atoms with van der Waals surface area (Å²) in [4.78, 5) is 11.4. The summed E-state index contributed by atoms with van der Waals surface area (Å²) in [6.45, 7) is 6.78. The van der Waals surface area contributed by atoms with Gasteiger partial charge in [0.1, 0.15) is 11.3 Å². The zero-order valence-corrected chi connectivity index (χ0v) is 14.5. The van der Waals surface area contributed by atoms with Crippen LogP contribution >= 0.6 is 0 Å². The highest BCUT2D eigenvalue weighted by molar-refractivity contribution is 6.63. The molecular formula is C18H23BO5. The first-order valence-corrected chi connectivity index (χ1v) is 8.52. The predicted octanol–water partition coefficient (Wildman–Crippen LogP) is 2.33.